The Hall–Kier alpha value is -1.42. The van der Waals surface area contributed by atoms with Crippen molar-refractivity contribution in [1.29, 1.82) is 0 Å². The van der Waals surface area contributed by atoms with Crippen molar-refractivity contribution in [2.45, 2.75) is 39.2 Å². The van der Waals surface area contributed by atoms with Gasteiger partial charge < -0.3 is 10.2 Å². The number of aliphatic hydroxyl groups is 1. The van der Waals surface area contributed by atoms with Gasteiger partial charge in [0.15, 0.2) is 5.78 Å². The Bertz CT molecular complexity index is 486. The Labute approximate surface area is 112 Å². The fraction of sp³-hybridized carbons (Fsp3) is 0.600. The van der Waals surface area contributed by atoms with Gasteiger partial charge in [0.05, 0.1) is 5.92 Å². The zero-order valence-corrected chi connectivity index (χ0v) is 11.5. The maximum absolute atomic E-state index is 11.6. The van der Waals surface area contributed by atoms with Crippen LogP contribution in [-0.4, -0.2) is 27.6 Å². The van der Waals surface area contributed by atoms with Crippen LogP contribution in [-0.2, 0) is 9.59 Å². The number of carboxylic acids is 1. The highest BCUT2D eigenvalue weighted by Gasteiger charge is 2.48. The minimum absolute atomic E-state index is 0.00255. The summed E-state index contributed by atoms with van der Waals surface area (Å²) in [5, 5.41) is 19.7. The summed E-state index contributed by atoms with van der Waals surface area (Å²) < 4.78 is 0. The lowest BCUT2D eigenvalue weighted by molar-refractivity contribution is -0.138. The van der Waals surface area contributed by atoms with Crippen LogP contribution in [0.5, 0.6) is 0 Å². The summed E-state index contributed by atoms with van der Waals surface area (Å²) in [6.07, 6.45) is 5.87. The van der Waals surface area contributed by atoms with E-state index >= 15 is 0 Å². The van der Waals surface area contributed by atoms with Gasteiger partial charge in [0.25, 0.3) is 0 Å². The van der Waals surface area contributed by atoms with E-state index < -0.39 is 17.0 Å². The molecule has 0 saturated heterocycles. The Morgan fingerprint density at radius 3 is 2.58 bits per heavy atom. The minimum atomic E-state index is -1.17. The van der Waals surface area contributed by atoms with Gasteiger partial charge in [0, 0.05) is 11.8 Å². The zero-order valence-electron chi connectivity index (χ0n) is 11.5. The molecule has 0 aromatic heterocycles. The van der Waals surface area contributed by atoms with Crippen LogP contribution >= 0.6 is 0 Å². The molecular formula is C15H20O4. The van der Waals surface area contributed by atoms with Gasteiger partial charge >= 0.3 is 5.97 Å². The predicted molar refractivity (Wildman–Crippen MR) is 70.5 cm³/mol. The van der Waals surface area contributed by atoms with Crippen LogP contribution in [0.3, 0.4) is 0 Å². The van der Waals surface area contributed by atoms with Crippen LogP contribution in [0.15, 0.2) is 23.8 Å². The van der Waals surface area contributed by atoms with Gasteiger partial charge in [-0.05, 0) is 30.9 Å². The molecule has 1 fully saturated rings. The third-order valence-electron chi connectivity index (χ3n) is 4.37. The normalized spacial score (nSPS) is 37.3. The Morgan fingerprint density at radius 1 is 1.47 bits per heavy atom. The summed E-state index contributed by atoms with van der Waals surface area (Å²) in [7, 11) is 0. The summed E-state index contributed by atoms with van der Waals surface area (Å²) in [4.78, 5) is 22.4. The van der Waals surface area contributed by atoms with E-state index in [0.29, 0.717) is 12.0 Å². The van der Waals surface area contributed by atoms with E-state index in [1.54, 1.807) is 19.1 Å². The highest BCUT2D eigenvalue weighted by molar-refractivity contribution is 5.92. The number of hydrogen-bond acceptors (Lipinski definition) is 3. The largest absolute Gasteiger partial charge is 0.481 e. The number of allylic oxidation sites excluding steroid dienone is 2. The monoisotopic (exact) mass is 264 g/mol. The number of rotatable bonds is 3. The van der Waals surface area contributed by atoms with E-state index in [0.717, 1.165) is 0 Å². The second kappa shape index (κ2) is 4.30. The summed E-state index contributed by atoms with van der Waals surface area (Å²) in [5.74, 6) is -1.08. The van der Waals surface area contributed by atoms with Crippen LogP contribution in [0.4, 0.5) is 0 Å². The lowest BCUT2D eigenvalue weighted by Gasteiger charge is -2.44. The first-order chi connectivity index (χ1) is 8.67. The molecule has 19 heavy (non-hydrogen) atoms. The molecule has 0 aliphatic heterocycles. The molecule has 3 unspecified atom stereocenters. The lowest BCUT2D eigenvalue weighted by atomic mass is 9.64. The summed E-state index contributed by atoms with van der Waals surface area (Å²) >= 11 is 0. The first kappa shape index (κ1) is 14.0. The van der Waals surface area contributed by atoms with Crippen molar-refractivity contribution in [3.05, 3.63) is 23.8 Å². The van der Waals surface area contributed by atoms with Gasteiger partial charge in [0.1, 0.15) is 5.60 Å². The number of ketones is 1. The molecule has 0 radical (unpaired) electrons. The van der Waals surface area contributed by atoms with Crippen LogP contribution in [0, 0.1) is 17.3 Å². The third kappa shape index (κ3) is 2.37. The van der Waals surface area contributed by atoms with Crippen LogP contribution in [0.2, 0.25) is 0 Å². The summed E-state index contributed by atoms with van der Waals surface area (Å²) in [6, 6.07) is 0. The van der Waals surface area contributed by atoms with Gasteiger partial charge in [0.2, 0.25) is 0 Å². The van der Waals surface area contributed by atoms with E-state index in [9.17, 15) is 14.7 Å². The quantitative estimate of drug-likeness (QED) is 0.764. The average molecular weight is 264 g/mol. The summed E-state index contributed by atoms with van der Waals surface area (Å²) in [5.41, 5.74) is -1.13. The number of carbonyl (C=O) groups excluding carboxylic acids is 1. The van der Waals surface area contributed by atoms with Gasteiger partial charge in [-0.15, -0.1) is 0 Å². The van der Waals surface area contributed by atoms with Crippen molar-refractivity contribution in [2.24, 2.45) is 17.3 Å². The minimum Gasteiger partial charge on any atom is -0.481 e. The molecule has 4 heteroatoms. The molecule has 3 atom stereocenters. The van der Waals surface area contributed by atoms with Crippen molar-refractivity contribution in [3.8, 4) is 0 Å². The number of carboxylic acid groups (broad SMARTS) is 1. The molecule has 2 aliphatic rings. The SMILES string of the molecule is CC1=CC(=O)CC(C)(C)C1(O)/C=C/C1CC1C(=O)O. The van der Waals surface area contributed by atoms with E-state index in [1.807, 2.05) is 13.8 Å². The van der Waals surface area contributed by atoms with Gasteiger partial charge in [-0.1, -0.05) is 26.0 Å². The number of carbonyl (C=O) groups is 2. The van der Waals surface area contributed by atoms with Crippen molar-refractivity contribution in [1.82, 2.24) is 0 Å². The van der Waals surface area contributed by atoms with E-state index in [4.69, 9.17) is 5.11 Å². The molecule has 0 aromatic rings. The fourth-order valence-electron chi connectivity index (χ4n) is 2.84. The highest BCUT2D eigenvalue weighted by atomic mass is 16.4. The van der Waals surface area contributed by atoms with Crippen LogP contribution in [0.25, 0.3) is 0 Å². The Morgan fingerprint density at radius 2 is 2.11 bits per heavy atom. The van der Waals surface area contributed by atoms with Gasteiger partial charge in [-0.3, -0.25) is 9.59 Å². The maximum atomic E-state index is 11.6. The van der Waals surface area contributed by atoms with Crippen molar-refractivity contribution >= 4 is 11.8 Å². The van der Waals surface area contributed by atoms with Crippen molar-refractivity contribution in [3.63, 3.8) is 0 Å². The van der Waals surface area contributed by atoms with E-state index in [1.165, 1.54) is 6.08 Å². The molecule has 0 aromatic carbocycles. The van der Waals surface area contributed by atoms with E-state index in [2.05, 4.69) is 0 Å². The standard InChI is InChI=1S/C15H20O4/c1-9-6-11(16)8-14(2,3)15(9,19)5-4-10-7-12(10)13(17)18/h4-6,10,12,19H,7-8H2,1-3H3,(H,17,18)/b5-4+. The molecule has 1 saturated carbocycles. The number of aliphatic carboxylic acids is 1. The number of hydrogen-bond donors (Lipinski definition) is 2. The summed E-state index contributed by atoms with van der Waals surface area (Å²) in [6.45, 7) is 5.45. The molecule has 2 aliphatic carbocycles. The Balaban J connectivity index is 2.22. The average Bonchev–Trinajstić information content (AvgIpc) is 3.02. The second-order valence-electron chi connectivity index (χ2n) is 6.32. The molecule has 2 N–H and O–H groups in total. The predicted octanol–water partition coefficient (Wildman–Crippen LogP) is 1.94. The topological polar surface area (TPSA) is 74.6 Å². The fourth-order valence-corrected chi connectivity index (χ4v) is 2.84. The molecule has 0 bridgehead atoms. The third-order valence-corrected chi connectivity index (χ3v) is 4.37. The van der Waals surface area contributed by atoms with Gasteiger partial charge in [-0.25, -0.2) is 0 Å². The smallest absolute Gasteiger partial charge is 0.307 e. The van der Waals surface area contributed by atoms with Crippen LogP contribution < -0.4 is 0 Å². The molecule has 2 rings (SSSR count). The molecular weight excluding hydrogens is 244 g/mol. The maximum Gasteiger partial charge on any atom is 0.307 e. The molecule has 4 nitrogen and oxygen atoms in total. The van der Waals surface area contributed by atoms with Gasteiger partial charge in [-0.2, -0.15) is 0 Å². The van der Waals surface area contributed by atoms with Crippen LogP contribution in [0.1, 0.15) is 33.6 Å². The molecule has 0 spiro atoms. The highest BCUT2D eigenvalue weighted by Crippen LogP contribution is 2.46. The molecule has 0 amide bonds. The Kier molecular flexibility index (Phi) is 3.17. The molecule has 104 valence electrons. The lowest BCUT2D eigenvalue weighted by Crippen LogP contribution is -2.48. The van der Waals surface area contributed by atoms with E-state index in [-0.39, 0.29) is 24.0 Å². The first-order valence-electron chi connectivity index (χ1n) is 6.53. The van der Waals surface area contributed by atoms with Crippen molar-refractivity contribution in [2.75, 3.05) is 0 Å². The zero-order chi connectivity index (χ0) is 14.4. The second-order valence-corrected chi connectivity index (χ2v) is 6.32. The first-order valence-corrected chi connectivity index (χ1v) is 6.53. The van der Waals surface area contributed by atoms with Crippen molar-refractivity contribution < 1.29 is 19.8 Å². The molecule has 0 heterocycles.